The van der Waals surface area contributed by atoms with E-state index in [-0.39, 0.29) is 5.91 Å². The molecule has 0 aliphatic carbocycles. The number of ether oxygens (including phenoxy) is 1. The van der Waals surface area contributed by atoms with Crippen molar-refractivity contribution in [2.24, 2.45) is 0 Å². The number of nitrogens with zero attached hydrogens (tertiary/aromatic N) is 3. The van der Waals surface area contributed by atoms with Gasteiger partial charge in [0.1, 0.15) is 11.5 Å². The fourth-order valence-corrected chi connectivity index (χ4v) is 4.86. The summed E-state index contributed by atoms with van der Waals surface area (Å²) in [6, 6.07) is 26.4. The third-order valence-electron chi connectivity index (χ3n) is 4.96. The zero-order valence-corrected chi connectivity index (χ0v) is 19.8. The summed E-state index contributed by atoms with van der Waals surface area (Å²) in [4.78, 5) is 24.2. The highest BCUT2D eigenvalue weighted by molar-refractivity contribution is 9.10. The lowest BCUT2D eigenvalue weighted by molar-refractivity contribution is 0.0985. The number of benzene rings is 3. The van der Waals surface area contributed by atoms with E-state index in [2.05, 4.69) is 20.9 Å². The molecule has 0 radical (unpaired) electrons. The van der Waals surface area contributed by atoms with Crippen molar-refractivity contribution in [2.45, 2.75) is 6.54 Å². The van der Waals surface area contributed by atoms with Gasteiger partial charge in [-0.1, -0.05) is 51.5 Å². The summed E-state index contributed by atoms with van der Waals surface area (Å²) in [5, 5.41) is 0.640. The van der Waals surface area contributed by atoms with Crippen LogP contribution in [0.4, 0.5) is 5.13 Å². The van der Waals surface area contributed by atoms with E-state index in [0.29, 0.717) is 23.0 Å². The van der Waals surface area contributed by atoms with Crippen molar-refractivity contribution in [3.05, 3.63) is 113 Å². The monoisotopic (exact) mass is 515 g/mol. The summed E-state index contributed by atoms with van der Waals surface area (Å²) in [5.41, 5.74) is 2.34. The van der Waals surface area contributed by atoms with Gasteiger partial charge in [-0.05, 0) is 66.2 Å². The number of pyridine rings is 1. The minimum absolute atomic E-state index is 0.136. The smallest absolute Gasteiger partial charge is 0.260 e. The Labute approximate surface area is 203 Å². The van der Waals surface area contributed by atoms with Crippen molar-refractivity contribution in [1.82, 2.24) is 9.97 Å². The van der Waals surface area contributed by atoms with Crippen LogP contribution >= 0.6 is 27.3 Å². The molecule has 0 aliphatic rings. The minimum atomic E-state index is -0.136. The Morgan fingerprint density at radius 3 is 2.48 bits per heavy atom. The average Bonchev–Trinajstić information content (AvgIpc) is 3.27. The highest BCUT2D eigenvalue weighted by Gasteiger charge is 2.22. The van der Waals surface area contributed by atoms with Gasteiger partial charge in [0.05, 0.1) is 16.8 Å². The molecule has 162 valence electrons. The zero-order valence-electron chi connectivity index (χ0n) is 17.4. The lowest BCUT2D eigenvalue weighted by Crippen LogP contribution is -2.30. The van der Waals surface area contributed by atoms with Gasteiger partial charge in [0.25, 0.3) is 5.91 Å². The van der Waals surface area contributed by atoms with Crippen LogP contribution in [0.3, 0.4) is 0 Å². The van der Waals surface area contributed by atoms with Crippen molar-refractivity contribution in [1.29, 1.82) is 0 Å². The standard InChI is InChI=1S/C26H18BrN3O2S/c27-20-10-13-23-24(15-20)33-26(29-23)30(17-18-5-4-14-28-16-18)25(31)19-8-11-22(12-9-19)32-21-6-2-1-3-7-21/h1-16H,17H2. The van der Waals surface area contributed by atoms with E-state index in [1.807, 2.05) is 60.7 Å². The third-order valence-corrected chi connectivity index (χ3v) is 6.49. The molecule has 2 heterocycles. The quantitative estimate of drug-likeness (QED) is 0.242. The van der Waals surface area contributed by atoms with Crippen LogP contribution in [0, 0.1) is 0 Å². The van der Waals surface area contributed by atoms with Gasteiger partial charge in [0.2, 0.25) is 0 Å². The summed E-state index contributed by atoms with van der Waals surface area (Å²) in [5.74, 6) is 1.28. The van der Waals surface area contributed by atoms with Gasteiger partial charge in [0.15, 0.2) is 5.13 Å². The number of carbonyl (C=O) groups excluding carboxylic acids is 1. The second-order valence-electron chi connectivity index (χ2n) is 7.30. The van der Waals surface area contributed by atoms with Gasteiger partial charge in [-0.2, -0.15) is 0 Å². The first kappa shape index (κ1) is 21.3. The Morgan fingerprint density at radius 2 is 1.73 bits per heavy atom. The van der Waals surface area contributed by atoms with Crippen molar-refractivity contribution in [3.63, 3.8) is 0 Å². The van der Waals surface area contributed by atoms with E-state index >= 15 is 0 Å². The van der Waals surface area contributed by atoms with Gasteiger partial charge in [-0.3, -0.25) is 14.7 Å². The van der Waals surface area contributed by atoms with Crippen LogP contribution in [0.5, 0.6) is 11.5 Å². The number of halogens is 1. The summed E-state index contributed by atoms with van der Waals surface area (Å²) in [7, 11) is 0. The van der Waals surface area contributed by atoms with Crippen LogP contribution in [-0.2, 0) is 6.54 Å². The maximum absolute atomic E-state index is 13.6. The Hall–Kier alpha value is -3.55. The highest BCUT2D eigenvalue weighted by Crippen LogP contribution is 2.33. The first-order chi connectivity index (χ1) is 16.2. The van der Waals surface area contributed by atoms with Gasteiger partial charge >= 0.3 is 0 Å². The number of thiazole rings is 1. The van der Waals surface area contributed by atoms with E-state index in [1.165, 1.54) is 11.3 Å². The molecule has 0 N–H and O–H groups in total. The summed E-state index contributed by atoms with van der Waals surface area (Å²) in [6.45, 7) is 0.371. The second kappa shape index (κ2) is 9.52. The Balaban J connectivity index is 1.45. The maximum atomic E-state index is 13.6. The zero-order chi connectivity index (χ0) is 22.6. The predicted molar refractivity (Wildman–Crippen MR) is 135 cm³/mol. The molecule has 2 aromatic heterocycles. The molecule has 0 saturated carbocycles. The average molecular weight is 516 g/mol. The topological polar surface area (TPSA) is 55.3 Å². The lowest BCUT2D eigenvalue weighted by atomic mass is 10.1. The normalized spacial score (nSPS) is 10.8. The van der Waals surface area contributed by atoms with Crippen LogP contribution in [0.1, 0.15) is 15.9 Å². The molecule has 5 rings (SSSR count). The summed E-state index contributed by atoms with van der Waals surface area (Å²) >= 11 is 4.99. The molecule has 0 saturated heterocycles. The number of anilines is 1. The van der Waals surface area contributed by atoms with Crippen molar-refractivity contribution in [2.75, 3.05) is 4.90 Å². The molecule has 33 heavy (non-hydrogen) atoms. The van der Waals surface area contributed by atoms with Crippen molar-refractivity contribution >= 4 is 48.5 Å². The first-order valence-corrected chi connectivity index (χ1v) is 11.9. The first-order valence-electron chi connectivity index (χ1n) is 10.3. The Kier molecular flexibility index (Phi) is 6.15. The van der Waals surface area contributed by atoms with E-state index < -0.39 is 0 Å². The number of amides is 1. The minimum Gasteiger partial charge on any atom is -0.457 e. The lowest BCUT2D eigenvalue weighted by Gasteiger charge is -2.20. The van der Waals surface area contributed by atoms with Crippen LogP contribution in [0.15, 0.2) is 102 Å². The Bertz CT molecular complexity index is 1390. The van der Waals surface area contributed by atoms with Crippen molar-refractivity contribution in [3.8, 4) is 11.5 Å². The van der Waals surface area contributed by atoms with Gasteiger partial charge < -0.3 is 4.74 Å². The van der Waals surface area contributed by atoms with Crippen molar-refractivity contribution < 1.29 is 9.53 Å². The molecule has 5 aromatic rings. The van der Waals surface area contributed by atoms with E-state index in [4.69, 9.17) is 9.72 Å². The summed E-state index contributed by atoms with van der Waals surface area (Å²) in [6.07, 6.45) is 3.48. The largest absolute Gasteiger partial charge is 0.457 e. The van der Waals surface area contributed by atoms with E-state index in [9.17, 15) is 4.79 Å². The SMILES string of the molecule is O=C(c1ccc(Oc2ccccc2)cc1)N(Cc1cccnc1)c1nc2ccc(Br)cc2s1. The van der Waals surface area contributed by atoms with E-state index in [1.54, 1.807) is 41.6 Å². The molecule has 1 amide bonds. The highest BCUT2D eigenvalue weighted by atomic mass is 79.9. The number of rotatable bonds is 6. The fraction of sp³-hybridized carbons (Fsp3) is 0.0385. The van der Waals surface area contributed by atoms with Crippen LogP contribution in [0.2, 0.25) is 0 Å². The molecule has 5 nitrogen and oxygen atoms in total. The second-order valence-corrected chi connectivity index (χ2v) is 9.23. The number of aromatic nitrogens is 2. The van der Waals surface area contributed by atoms with E-state index in [0.717, 1.165) is 26.0 Å². The molecule has 7 heteroatoms. The predicted octanol–water partition coefficient (Wildman–Crippen LogP) is 7.09. The van der Waals surface area contributed by atoms with Gasteiger partial charge in [-0.15, -0.1) is 0 Å². The number of carbonyl (C=O) groups is 1. The van der Waals surface area contributed by atoms with Crippen LogP contribution in [-0.4, -0.2) is 15.9 Å². The molecular formula is C26H18BrN3O2S. The van der Waals surface area contributed by atoms with Gasteiger partial charge in [-0.25, -0.2) is 4.98 Å². The number of para-hydroxylation sites is 1. The number of hydrogen-bond acceptors (Lipinski definition) is 5. The molecule has 0 fully saturated rings. The molecule has 3 aromatic carbocycles. The maximum Gasteiger partial charge on any atom is 0.260 e. The molecule has 0 unspecified atom stereocenters. The number of hydrogen-bond donors (Lipinski definition) is 0. The molecule has 0 aliphatic heterocycles. The fourth-order valence-electron chi connectivity index (χ4n) is 3.35. The van der Waals surface area contributed by atoms with Crippen LogP contribution in [0.25, 0.3) is 10.2 Å². The number of fused-ring (bicyclic) bond motifs is 1. The Morgan fingerprint density at radius 1 is 0.939 bits per heavy atom. The third kappa shape index (κ3) is 4.94. The molecule has 0 atom stereocenters. The molecular weight excluding hydrogens is 498 g/mol. The molecule has 0 bridgehead atoms. The van der Waals surface area contributed by atoms with Crippen LogP contribution < -0.4 is 9.64 Å². The molecule has 0 spiro atoms. The summed E-state index contributed by atoms with van der Waals surface area (Å²) < 4.78 is 7.84. The van der Waals surface area contributed by atoms with Gasteiger partial charge in [0, 0.05) is 22.4 Å².